The fourth-order valence-electron chi connectivity index (χ4n) is 1.42. The highest BCUT2D eigenvalue weighted by Gasteiger charge is 2.22. The van der Waals surface area contributed by atoms with Gasteiger partial charge in [-0.1, -0.05) is 0 Å². The molecule has 0 atom stereocenters. The van der Waals surface area contributed by atoms with Gasteiger partial charge in [0.15, 0.2) is 5.75 Å². The molecular formula is C12H17O4S+. The van der Waals surface area contributed by atoms with Gasteiger partial charge in [-0.05, 0) is 24.3 Å². The van der Waals surface area contributed by atoms with Gasteiger partial charge in [-0.15, -0.1) is 0 Å². The quantitative estimate of drug-likeness (QED) is 0.481. The van der Waals surface area contributed by atoms with E-state index in [0.29, 0.717) is 22.8 Å². The number of aromatic hydroxyl groups is 1. The number of aliphatic hydroxyl groups is 2. The van der Waals surface area contributed by atoms with Crippen LogP contribution in [0.2, 0.25) is 0 Å². The topological polar surface area (TPSA) is 77.8 Å². The van der Waals surface area contributed by atoms with Gasteiger partial charge < -0.3 is 15.3 Å². The van der Waals surface area contributed by atoms with E-state index >= 15 is 0 Å². The molecule has 0 heterocycles. The molecule has 0 aliphatic carbocycles. The summed E-state index contributed by atoms with van der Waals surface area (Å²) >= 11 is 0. The first-order valence-corrected chi connectivity index (χ1v) is 7.08. The number of benzene rings is 1. The first-order valence-electron chi connectivity index (χ1n) is 5.35. The number of carbonyl (C=O) groups excluding carboxylic acids is 1. The standard InChI is InChI=1S/C12H16O4S/c13-5-7-17(8-6-14)9-12(16)10-1-3-11(15)4-2-10/h1-4,13-14H,5-9H2/p+1. The Balaban J connectivity index is 2.60. The van der Waals surface area contributed by atoms with Crippen molar-refractivity contribution in [2.45, 2.75) is 0 Å². The summed E-state index contributed by atoms with van der Waals surface area (Å²) in [4.78, 5) is 11.9. The summed E-state index contributed by atoms with van der Waals surface area (Å²) < 4.78 is 0. The smallest absolute Gasteiger partial charge is 0.211 e. The molecule has 0 fully saturated rings. The third kappa shape index (κ3) is 4.77. The summed E-state index contributed by atoms with van der Waals surface area (Å²) in [6, 6.07) is 6.11. The van der Waals surface area contributed by atoms with Crippen molar-refractivity contribution >= 4 is 16.7 Å². The van der Waals surface area contributed by atoms with E-state index in [2.05, 4.69) is 0 Å². The fraction of sp³-hybridized carbons (Fsp3) is 0.417. The van der Waals surface area contributed by atoms with Crippen LogP contribution in [0.5, 0.6) is 5.75 Å². The van der Waals surface area contributed by atoms with Crippen LogP contribution in [0.15, 0.2) is 24.3 Å². The Bertz CT molecular complexity index is 344. The van der Waals surface area contributed by atoms with Crippen molar-refractivity contribution in [3.05, 3.63) is 29.8 Å². The van der Waals surface area contributed by atoms with Gasteiger partial charge in [0.25, 0.3) is 0 Å². The molecule has 4 nitrogen and oxygen atoms in total. The Hall–Kier alpha value is -1.04. The molecule has 17 heavy (non-hydrogen) atoms. The number of hydrogen-bond donors (Lipinski definition) is 3. The first kappa shape index (κ1) is 14.0. The van der Waals surface area contributed by atoms with Gasteiger partial charge in [-0.25, -0.2) is 0 Å². The van der Waals surface area contributed by atoms with E-state index in [1.807, 2.05) is 0 Å². The molecule has 0 aromatic heterocycles. The SMILES string of the molecule is O=C(C[S+](CCO)CCO)c1ccc(O)cc1. The number of carbonyl (C=O) groups is 1. The number of phenolic OH excluding ortho intramolecular Hbond substituents is 1. The van der Waals surface area contributed by atoms with Gasteiger partial charge in [0.2, 0.25) is 5.78 Å². The molecule has 3 N–H and O–H groups in total. The van der Waals surface area contributed by atoms with Crippen LogP contribution in [0.3, 0.4) is 0 Å². The van der Waals surface area contributed by atoms with Crippen molar-refractivity contribution in [2.75, 3.05) is 30.5 Å². The maximum Gasteiger partial charge on any atom is 0.211 e. The predicted octanol–water partition coefficient (Wildman–Crippen LogP) is 0.178. The lowest BCUT2D eigenvalue weighted by Crippen LogP contribution is -2.25. The number of rotatable bonds is 7. The normalized spacial score (nSPS) is 10.8. The van der Waals surface area contributed by atoms with Gasteiger partial charge in [0.05, 0.1) is 13.2 Å². The van der Waals surface area contributed by atoms with Gasteiger partial charge in [0.1, 0.15) is 17.3 Å². The highest BCUT2D eigenvalue weighted by molar-refractivity contribution is 7.97. The maximum absolute atomic E-state index is 11.9. The van der Waals surface area contributed by atoms with Gasteiger partial charge in [-0.2, -0.15) is 0 Å². The minimum absolute atomic E-state index is 0.0183. The monoisotopic (exact) mass is 257 g/mol. The van der Waals surface area contributed by atoms with Gasteiger partial charge in [-0.3, -0.25) is 4.79 Å². The number of ketones is 1. The first-order chi connectivity index (χ1) is 8.17. The summed E-state index contributed by atoms with van der Waals surface area (Å²) in [7, 11) is -0.272. The largest absolute Gasteiger partial charge is 0.508 e. The third-order valence-corrected chi connectivity index (χ3v) is 4.47. The second-order valence-electron chi connectivity index (χ2n) is 3.58. The fourth-order valence-corrected chi connectivity index (χ4v) is 2.97. The highest BCUT2D eigenvalue weighted by atomic mass is 32.2. The molecule has 5 heteroatoms. The van der Waals surface area contributed by atoms with Crippen molar-refractivity contribution in [3.8, 4) is 5.75 Å². The molecule has 0 unspecified atom stereocenters. The average molecular weight is 257 g/mol. The minimum atomic E-state index is -0.272. The van der Waals surface area contributed by atoms with Gasteiger partial charge in [0, 0.05) is 16.5 Å². The Kier molecular flexibility index (Phi) is 6.04. The number of hydrogen-bond acceptors (Lipinski definition) is 4. The highest BCUT2D eigenvalue weighted by Crippen LogP contribution is 2.11. The van der Waals surface area contributed by atoms with E-state index in [1.54, 1.807) is 12.1 Å². The van der Waals surface area contributed by atoms with Crippen molar-refractivity contribution in [2.24, 2.45) is 0 Å². The molecule has 1 aromatic carbocycles. The lowest BCUT2D eigenvalue weighted by Gasteiger charge is -2.05. The van der Waals surface area contributed by atoms with Crippen LogP contribution in [0.4, 0.5) is 0 Å². The number of phenols is 1. The average Bonchev–Trinajstić information content (AvgIpc) is 2.30. The Labute approximate surface area is 103 Å². The molecule has 1 aromatic rings. The summed E-state index contributed by atoms with van der Waals surface area (Å²) in [6.45, 7) is 0.0674. The zero-order valence-corrected chi connectivity index (χ0v) is 10.3. The summed E-state index contributed by atoms with van der Waals surface area (Å²) in [5.41, 5.74) is 0.552. The number of Topliss-reactive ketones (excluding diaryl/α,β-unsaturated/α-hetero) is 1. The predicted molar refractivity (Wildman–Crippen MR) is 68.6 cm³/mol. The van der Waals surface area contributed by atoms with Crippen LogP contribution in [0.1, 0.15) is 10.4 Å². The van der Waals surface area contributed by atoms with Crippen LogP contribution >= 0.6 is 0 Å². The third-order valence-electron chi connectivity index (χ3n) is 2.28. The molecule has 0 saturated heterocycles. The maximum atomic E-state index is 11.9. The van der Waals surface area contributed by atoms with Crippen molar-refractivity contribution < 1.29 is 20.1 Å². The zero-order valence-electron chi connectivity index (χ0n) is 9.50. The molecule has 0 spiro atoms. The van der Waals surface area contributed by atoms with Crippen molar-refractivity contribution in [3.63, 3.8) is 0 Å². The lowest BCUT2D eigenvalue weighted by molar-refractivity contribution is 0.102. The summed E-state index contributed by atoms with van der Waals surface area (Å²) in [6.07, 6.45) is 0. The molecule has 0 aliphatic heterocycles. The second kappa shape index (κ2) is 7.32. The molecule has 1 rings (SSSR count). The van der Waals surface area contributed by atoms with E-state index in [0.717, 1.165) is 0 Å². The molecule has 0 aliphatic rings. The summed E-state index contributed by atoms with van der Waals surface area (Å²) in [5, 5.41) is 26.8. The van der Waals surface area contributed by atoms with Crippen LogP contribution in [-0.2, 0) is 10.9 Å². The van der Waals surface area contributed by atoms with Crippen LogP contribution < -0.4 is 0 Å². The van der Waals surface area contributed by atoms with Gasteiger partial charge >= 0.3 is 0 Å². The van der Waals surface area contributed by atoms with E-state index in [1.165, 1.54) is 12.1 Å². The molecule has 0 amide bonds. The Morgan fingerprint density at radius 3 is 2.06 bits per heavy atom. The summed E-state index contributed by atoms with van der Waals surface area (Å²) in [5.74, 6) is 1.54. The van der Waals surface area contributed by atoms with E-state index in [9.17, 15) is 4.79 Å². The van der Waals surface area contributed by atoms with Crippen molar-refractivity contribution in [1.29, 1.82) is 0 Å². The molecule has 94 valence electrons. The minimum Gasteiger partial charge on any atom is -0.508 e. The zero-order chi connectivity index (χ0) is 12.7. The lowest BCUT2D eigenvalue weighted by atomic mass is 10.1. The molecular weight excluding hydrogens is 240 g/mol. The van der Waals surface area contributed by atoms with Crippen LogP contribution in [0, 0.1) is 0 Å². The number of aliphatic hydroxyl groups excluding tert-OH is 2. The molecule has 0 radical (unpaired) electrons. The molecule has 0 bridgehead atoms. The van der Waals surface area contributed by atoms with E-state index < -0.39 is 0 Å². The van der Waals surface area contributed by atoms with Crippen molar-refractivity contribution in [1.82, 2.24) is 0 Å². The van der Waals surface area contributed by atoms with E-state index in [4.69, 9.17) is 15.3 Å². The Morgan fingerprint density at radius 2 is 1.59 bits per heavy atom. The second-order valence-corrected chi connectivity index (χ2v) is 5.91. The van der Waals surface area contributed by atoms with E-state index in [-0.39, 0.29) is 35.6 Å². The Morgan fingerprint density at radius 1 is 1.06 bits per heavy atom. The van der Waals surface area contributed by atoms with Crippen LogP contribution in [-0.4, -0.2) is 51.6 Å². The molecule has 0 saturated carbocycles. The van der Waals surface area contributed by atoms with Crippen LogP contribution in [0.25, 0.3) is 0 Å².